The molecule has 1 aromatic heterocycles. The van der Waals surface area contributed by atoms with Crippen molar-refractivity contribution in [3.8, 4) is 0 Å². The number of rotatable bonds is 1. The second kappa shape index (κ2) is 3.59. The Labute approximate surface area is 93.3 Å². The molecule has 1 aromatic carbocycles. The lowest BCUT2D eigenvalue weighted by Crippen LogP contribution is -1.84. The molecule has 1 heterocycles. The Morgan fingerprint density at radius 1 is 1.54 bits per heavy atom. The minimum absolute atomic E-state index is 0.163. The first-order valence-electron chi connectivity index (χ1n) is 3.67. The summed E-state index contributed by atoms with van der Waals surface area (Å²) in [6, 6.07) is 3.32. The summed E-state index contributed by atoms with van der Waals surface area (Å²) in [5.41, 5.74) is 0.899. The number of hydrogen-bond donors (Lipinski definition) is 1. The highest BCUT2D eigenvalue weighted by Crippen LogP contribution is 2.33. The maximum atomic E-state index is 13.4. The second-order valence-corrected chi connectivity index (χ2v) is 4.59. The smallest absolute Gasteiger partial charge is 0.132 e. The van der Waals surface area contributed by atoms with Crippen LogP contribution < -0.4 is 0 Å². The van der Waals surface area contributed by atoms with Crippen LogP contribution in [0, 0.1) is 5.82 Å². The van der Waals surface area contributed by atoms with Gasteiger partial charge in [-0.2, -0.15) is 0 Å². The minimum Gasteiger partial charge on any atom is -0.206 e. The van der Waals surface area contributed by atoms with Gasteiger partial charge in [0.25, 0.3) is 0 Å². The zero-order valence-corrected chi connectivity index (χ0v) is 9.85. The molecular formula is C9H6BrFS2. The van der Waals surface area contributed by atoms with Crippen molar-refractivity contribution < 1.29 is 4.39 Å². The Morgan fingerprint density at radius 3 is 3.00 bits per heavy atom. The Morgan fingerprint density at radius 2 is 2.31 bits per heavy atom. The van der Waals surface area contributed by atoms with Crippen LogP contribution in [-0.4, -0.2) is 0 Å². The standard InChI is InChI=1S/C9H6BrFS2/c10-4-5-3-7(11)6-1-2-13-9(6)8(5)12/h1-3,12H,4H2. The molecule has 0 radical (unpaired) electrons. The molecule has 2 rings (SSSR count). The number of thiophene rings is 1. The second-order valence-electron chi connectivity index (χ2n) is 2.66. The minimum atomic E-state index is -0.163. The molecule has 2 aromatic rings. The normalized spacial score (nSPS) is 11.0. The van der Waals surface area contributed by atoms with E-state index in [1.807, 2.05) is 5.38 Å². The zero-order chi connectivity index (χ0) is 9.42. The van der Waals surface area contributed by atoms with Crippen LogP contribution in [0.3, 0.4) is 0 Å². The third-order valence-electron chi connectivity index (χ3n) is 1.89. The van der Waals surface area contributed by atoms with Gasteiger partial charge in [0, 0.05) is 15.6 Å². The highest BCUT2D eigenvalue weighted by molar-refractivity contribution is 9.08. The fraction of sp³-hybridized carbons (Fsp3) is 0.111. The summed E-state index contributed by atoms with van der Waals surface area (Å²) in [4.78, 5) is 0.878. The van der Waals surface area contributed by atoms with Crippen LogP contribution >= 0.6 is 39.9 Å². The Bertz CT molecular complexity index is 450. The number of hydrogen-bond acceptors (Lipinski definition) is 2. The van der Waals surface area contributed by atoms with Gasteiger partial charge in [0.05, 0.1) is 4.70 Å². The van der Waals surface area contributed by atoms with E-state index in [0.29, 0.717) is 10.7 Å². The average Bonchev–Trinajstić information content (AvgIpc) is 2.60. The SMILES string of the molecule is Fc1cc(CBr)c(S)c2sccc12. The number of fused-ring (bicyclic) bond motifs is 1. The van der Waals surface area contributed by atoms with Crippen LogP contribution in [0.4, 0.5) is 4.39 Å². The van der Waals surface area contributed by atoms with Gasteiger partial charge < -0.3 is 0 Å². The van der Waals surface area contributed by atoms with E-state index in [2.05, 4.69) is 28.6 Å². The average molecular weight is 277 g/mol. The first-order chi connectivity index (χ1) is 6.24. The monoisotopic (exact) mass is 276 g/mol. The highest BCUT2D eigenvalue weighted by atomic mass is 79.9. The third-order valence-corrected chi connectivity index (χ3v) is 4.08. The largest absolute Gasteiger partial charge is 0.206 e. The summed E-state index contributed by atoms with van der Waals surface area (Å²) >= 11 is 9.20. The van der Waals surface area contributed by atoms with Gasteiger partial charge in [-0.15, -0.1) is 24.0 Å². The van der Waals surface area contributed by atoms with Crippen molar-refractivity contribution in [3.63, 3.8) is 0 Å². The van der Waals surface area contributed by atoms with E-state index < -0.39 is 0 Å². The molecule has 0 bridgehead atoms. The fourth-order valence-electron chi connectivity index (χ4n) is 1.23. The van der Waals surface area contributed by atoms with Crippen LogP contribution in [0.15, 0.2) is 22.4 Å². The molecule has 0 unspecified atom stereocenters. The number of halogens is 2. The molecule has 0 atom stereocenters. The van der Waals surface area contributed by atoms with Crippen molar-refractivity contribution in [1.29, 1.82) is 0 Å². The van der Waals surface area contributed by atoms with Crippen molar-refractivity contribution in [2.45, 2.75) is 10.2 Å². The molecule has 13 heavy (non-hydrogen) atoms. The summed E-state index contributed by atoms with van der Waals surface area (Å²) < 4.78 is 14.3. The first kappa shape index (κ1) is 9.49. The molecular weight excluding hydrogens is 271 g/mol. The van der Waals surface area contributed by atoms with E-state index in [-0.39, 0.29) is 5.82 Å². The molecule has 0 fully saturated rings. The highest BCUT2D eigenvalue weighted by Gasteiger charge is 2.09. The van der Waals surface area contributed by atoms with Crippen LogP contribution in [0.5, 0.6) is 0 Å². The molecule has 0 spiro atoms. The van der Waals surface area contributed by atoms with Crippen LogP contribution in [0.2, 0.25) is 0 Å². The molecule has 0 aliphatic rings. The van der Waals surface area contributed by atoms with E-state index in [1.165, 1.54) is 17.4 Å². The van der Waals surface area contributed by atoms with Crippen molar-refractivity contribution in [1.82, 2.24) is 0 Å². The first-order valence-corrected chi connectivity index (χ1v) is 6.12. The Hall–Kier alpha value is -0.0600. The molecule has 0 amide bonds. The Balaban J connectivity index is 2.85. The van der Waals surface area contributed by atoms with E-state index in [0.717, 1.165) is 15.2 Å². The molecule has 0 N–H and O–H groups in total. The number of alkyl halides is 1. The van der Waals surface area contributed by atoms with E-state index in [1.54, 1.807) is 6.07 Å². The molecule has 4 heteroatoms. The van der Waals surface area contributed by atoms with Gasteiger partial charge in [0.2, 0.25) is 0 Å². The Kier molecular flexibility index (Phi) is 2.62. The van der Waals surface area contributed by atoms with Gasteiger partial charge in [0.1, 0.15) is 5.82 Å². The van der Waals surface area contributed by atoms with Crippen LogP contribution in [0.1, 0.15) is 5.56 Å². The molecule has 0 saturated carbocycles. The number of thiol groups is 1. The van der Waals surface area contributed by atoms with Gasteiger partial charge in [-0.25, -0.2) is 4.39 Å². The summed E-state index contributed by atoms with van der Waals surface area (Å²) in [6.07, 6.45) is 0. The predicted molar refractivity (Wildman–Crippen MR) is 61.7 cm³/mol. The van der Waals surface area contributed by atoms with E-state index >= 15 is 0 Å². The quantitative estimate of drug-likeness (QED) is 0.585. The van der Waals surface area contributed by atoms with Crippen LogP contribution in [0.25, 0.3) is 10.1 Å². The summed E-state index contributed by atoms with van der Waals surface area (Å²) in [5, 5.41) is 3.18. The van der Waals surface area contributed by atoms with Gasteiger partial charge in [-0.1, -0.05) is 15.9 Å². The lowest BCUT2D eigenvalue weighted by molar-refractivity contribution is 0.638. The van der Waals surface area contributed by atoms with Crippen molar-refractivity contribution in [3.05, 3.63) is 28.9 Å². The maximum absolute atomic E-state index is 13.4. The van der Waals surface area contributed by atoms with Gasteiger partial charge in [0.15, 0.2) is 0 Å². The van der Waals surface area contributed by atoms with Crippen molar-refractivity contribution in [2.24, 2.45) is 0 Å². The van der Waals surface area contributed by atoms with Crippen molar-refractivity contribution >= 4 is 50.0 Å². The summed E-state index contributed by atoms with van der Waals surface area (Å²) in [7, 11) is 0. The molecule has 0 saturated heterocycles. The summed E-state index contributed by atoms with van der Waals surface area (Å²) in [5.74, 6) is -0.163. The zero-order valence-electron chi connectivity index (χ0n) is 6.55. The molecule has 0 aliphatic carbocycles. The van der Waals surface area contributed by atoms with Gasteiger partial charge in [-0.05, 0) is 23.1 Å². The number of benzene rings is 1. The van der Waals surface area contributed by atoms with E-state index in [4.69, 9.17) is 0 Å². The summed E-state index contributed by atoms with van der Waals surface area (Å²) in [6.45, 7) is 0. The fourth-order valence-corrected chi connectivity index (χ4v) is 3.18. The molecule has 0 aliphatic heterocycles. The molecule has 0 nitrogen and oxygen atoms in total. The van der Waals surface area contributed by atoms with Gasteiger partial charge >= 0.3 is 0 Å². The maximum Gasteiger partial charge on any atom is 0.132 e. The lowest BCUT2D eigenvalue weighted by Gasteiger charge is -2.03. The molecule has 68 valence electrons. The third kappa shape index (κ3) is 1.51. The predicted octanol–water partition coefficient (Wildman–Crippen LogP) is 4.22. The lowest BCUT2D eigenvalue weighted by atomic mass is 10.2. The van der Waals surface area contributed by atoms with Crippen molar-refractivity contribution in [2.75, 3.05) is 0 Å². The van der Waals surface area contributed by atoms with Crippen LogP contribution in [-0.2, 0) is 5.33 Å². The topological polar surface area (TPSA) is 0 Å². The van der Waals surface area contributed by atoms with Gasteiger partial charge in [-0.3, -0.25) is 0 Å². The van der Waals surface area contributed by atoms with E-state index in [9.17, 15) is 4.39 Å².